The molecule has 12 nitrogen and oxygen atoms in total. The second kappa shape index (κ2) is 16.0. The lowest BCUT2D eigenvalue weighted by molar-refractivity contribution is -0.169. The molecule has 0 fully saturated rings. The molecule has 0 aliphatic carbocycles. The van der Waals surface area contributed by atoms with E-state index in [-0.39, 0.29) is 23.1 Å². The number of hydrogen-bond donors (Lipinski definition) is 2. The van der Waals surface area contributed by atoms with Crippen LogP contribution in [-0.2, 0) is 30.2 Å². The molecule has 0 aromatic heterocycles. The monoisotopic (exact) mass is 583 g/mol. The maximum Gasteiger partial charge on any atom is 0.514 e. The van der Waals surface area contributed by atoms with Gasteiger partial charge in [0, 0.05) is 12.5 Å². The highest BCUT2D eigenvalue weighted by atomic mass is 16.8. The summed E-state index contributed by atoms with van der Waals surface area (Å²) in [5.74, 6) is -1.86. The quantitative estimate of drug-likeness (QED) is 0.102. The Hall–Kier alpha value is -3.54. The Labute approximate surface area is 241 Å². The molecule has 0 heterocycles. The van der Waals surface area contributed by atoms with Crippen LogP contribution in [0.1, 0.15) is 93.6 Å². The smallest absolute Gasteiger partial charge is 0.477 e. The first-order chi connectivity index (χ1) is 19.1. The van der Waals surface area contributed by atoms with Crippen molar-refractivity contribution in [2.75, 3.05) is 0 Å². The van der Waals surface area contributed by atoms with Crippen LogP contribution in [0, 0.1) is 0 Å². The predicted molar refractivity (Wildman–Crippen MR) is 149 cm³/mol. The van der Waals surface area contributed by atoms with E-state index in [2.05, 4.69) is 5.32 Å². The average molecular weight is 584 g/mol. The van der Waals surface area contributed by atoms with E-state index in [1.807, 2.05) is 27.7 Å². The maximum atomic E-state index is 12.7. The molecule has 12 heteroatoms. The summed E-state index contributed by atoms with van der Waals surface area (Å²) in [7, 11) is 0. The minimum absolute atomic E-state index is 0.163. The molecule has 41 heavy (non-hydrogen) atoms. The zero-order valence-corrected chi connectivity index (χ0v) is 25.5. The largest absolute Gasteiger partial charge is 0.514 e. The number of aliphatic carboxylic acids is 1. The zero-order chi connectivity index (χ0) is 31.4. The van der Waals surface area contributed by atoms with Gasteiger partial charge in [0.25, 0.3) is 5.72 Å². The van der Waals surface area contributed by atoms with Gasteiger partial charge in [-0.05, 0) is 78.0 Å². The van der Waals surface area contributed by atoms with Crippen LogP contribution < -0.4 is 14.8 Å². The van der Waals surface area contributed by atoms with Crippen LogP contribution >= 0.6 is 0 Å². The van der Waals surface area contributed by atoms with E-state index in [4.69, 9.17) is 28.4 Å². The van der Waals surface area contributed by atoms with Crippen LogP contribution in [0.2, 0.25) is 0 Å². The van der Waals surface area contributed by atoms with Gasteiger partial charge in [-0.25, -0.2) is 19.2 Å². The Bertz CT molecular complexity index is 1040. The van der Waals surface area contributed by atoms with Crippen molar-refractivity contribution in [1.29, 1.82) is 0 Å². The molecule has 0 amide bonds. The number of hydrogen-bond acceptors (Lipinski definition) is 11. The topological polar surface area (TPSA) is 156 Å². The molecular formula is C29H45NO11. The fourth-order valence-corrected chi connectivity index (χ4v) is 3.10. The van der Waals surface area contributed by atoms with Crippen LogP contribution in [0.15, 0.2) is 18.2 Å². The van der Waals surface area contributed by atoms with E-state index in [1.54, 1.807) is 34.6 Å². The first-order valence-electron chi connectivity index (χ1n) is 13.9. The molecule has 0 radical (unpaired) electrons. The summed E-state index contributed by atoms with van der Waals surface area (Å²) in [5, 5.41) is 13.1. The molecule has 1 aromatic carbocycles. The lowest BCUT2D eigenvalue weighted by Gasteiger charge is -2.34. The van der Waals surface area contributed by atoms with Crippen molar-refractivity contribution in [1.82, 2.24) is 5.32 Å². The number of benzene rings is 1. The number of ether oxygens (including phenoxy) is 6. The Kier molecular flexibility index (Phi) is 13.9. The summed E-state index contributed by atoms with van der Waals surface area (Å²) in [5.41, 5.74) is -2.87. The number of nitrogens with one attached hydrogen (secondary N) is 1. The van der Waals surface area contributed by atoms with Crippen LogP contribution in [-0.4, -0.2) is 59.1 Å². The van der Waals surface area contributed by atoms with Gasteiger partial charge in [-0.1, -0.05) is 33.8 Å². The van der Waals surface area contributed by atoms with Crippen LogP contribution in [0.25, 0.3) is 0 Å². The van der Waals surface area contributed by atoms with Gasteiger partial charge in [-0.3, -0.25) is 5.32 Å². The normalized spacial score (nSPS) is 15.0. The molecule has 232 valence electrons. The van der Waals surface area contributed by atoms with E-state index in [0.717, 1.165) is 0 Å². The van der Waals surface area contributed by atoms with E-state index in [0.29, 0.717) is 25.7 Å². The molecule has 0 saturated heterocycles. The molecule has 0 bridgehead atoms. The summed E-state index contributed by atoms with van der Waals surface area (Å²) < 4.78 is 31.7. The molecule has 4 atom stereocenters. The molecule has 0 spiro atoms. The Morgan fingerprint density at radius 1 is 0.805 bits per heavy atom. The second-order valence-corrected chi connectivity index (χ2v) is 10.5. The molecule has 0 saturated carbocycles. The molecule has 0 aliphatic heterocycles. The molecule has 1 aromatic rings. The minimum Gasteiger partial charge on any atom is -0.477 e. The summed E-state index contributed by atoms with van der Waals surface area (Å²) >= 11 is 0. The van der Waals surface area contributed by atoms with Crippen molar-refractivity contribution in [2.24, 2.45) is 0 Å². The van der Waals surface area contributed by atoms with E-state index in [1.165, 1.54) is 18.2 Å². The highest BCUT2D eigenvalue weighted by Gasteiger charge is 2.45. The first-order valence-corrected chi connectivity index (χ1v) is 13.9. The summed E-state index contributed by atoms with van der Waals surface area (Å²) in [6.07, 6.45) is -2.43. The van der Waals surface area contributed by atoms with Crippen LogP contribution in [0.4, 0.5) is 14.4 Å². The highest BCUT2D eigenvalue weighted by Crippen LogP contribution is 2.32. The third-order valence-electron chi connectivity index (χ3n) is 6.50. The molecule has 2 N–H and O–H groups in total. The average Bonchev–Trinajstić information content (AvgIpc) is 2.89. The van der Waals surface area contributed by atoms with Crippen molar-refractivity contribution < 1.29 is 52.7 Å². The Morgan fingerprint density at radius 2 is 1.34 bits per heavy atom. The number of carboxylic acids is 1. The lowest BCUT2D eigenvalue weighted by atomic mass is 10.00. The fraction of sp³-hybridized carbons (Fsp3) is 0.655. The lowest BCUT2D eigenvalue weighted by Crippen LogP contribution is -2.60. The summed E-state index contributed by atoms with van der Waals surface area (Å²) in [6, 6.07) is 3.68. The van der Waals surface area contributed by atoms with Crippen LogP contribution in [0.3, 0.4) is 0 Å². The van der Waals surface area contributed by atoms with Crippen molar-refractivity contribution >= 4 is 24.4 Å². The predicted octanol–water partition coefficient (Wildman–Crippen LogP) is 6.37. The Morgan fingerprint density at radius 3 is 1.80 bits per heavy atom. The van der Waals surface area contributed by atoms with Gasteiger partial charge in [0.1, 0.15) is 17.8 Å². The molecule has 3 unspecified atom stereocenters. The Balaban J connectivity index is 3.49. The molecule has 1 rings (SSSR count). The van der Waals surface area contributed by atoms with Gasteiger partial charge in [0.05, 0.1) is 0 Å². The van der Waals surface area contributed by atoms with Gasteiger partial charge in [-0.2, -0.15) is 0 Å². The first kappa shape index (κ1) is 35.5. The van der Waals surface area contributed by atoms with E-state index < -0.39 is 54.4 Å². The zero-order valence-electron chi connectivity index (χ0n) is 25.5. The SMILES string of the molecule is CCC(C)N[C@@](Cc1ccc(OC(=O)OC(C)CC)c(OC(=O)OC(C)CC)c1)(OC(=O)OC(C)(C)CC)C(=O)O. The summed E-state index contributed by atoms with van der Waals surface area (Å²) in [4.78, 5) is 50.1. The van der Waals surface area contributed by atoms with Crippen molar-refractivity contribution in [3.63, 3.8) is 0 Å². The minimum atomic E-state index is -2.25. The van der Waals surface area contributed by atoms with Crippen molar-refractivity contribution in [2.45, 2.75) is 124 Å². The standard InChI is InChI=1S/C29H45NO11/c1-10-18(5)30-29(24(31)32,41-27(35)40-28(8,9)13-4)17-21-14-15-22(38-25(33)36-19(6)11-2)23(16-21)39-26(34)37-20(7)12-3/h14-16,18-20,30H,10-13,17H2,1-9H3,(H,31,32)/t18?,19?,20?,29-/m0/s1. The highest BCUT2D eigenvalue weighted by molar-refractivity contribution is 5.80. The molecule has 0 aliphatic rings. The fourth-order valence-electron chi connectivity index (χ4n) is 3.10. The molecular weight excluding hydrogens is 538 g/mol. The van der Waals surface area contributed by atoms with E-state index in [9.17, 15) is 24.3 Å². The van der Waals surface area contributed by atoms with Gasteiger partial charge in [-0.15, -0.1) is 0 Å². The summed E-state index contributed by atoms with van der Waals surface area (Å²) in [6.45, 7) is 15.7. The van der Waals surface area contributed by atoms with Gasteiger partial charge < -0.3 is 33.5 Å². The van der Waals surface area contributed by atoms with Gasteiger partial charge >= 0.3 is 24.4 Å². The van der Waals surface area contributed by atoms with Crippen LogP contribution in [0.5, 0.6) is 11.5 Å². The number of carbonyl (C=O) groups is 4. The second-order valence-electron chi connectivity index (χ2n) is 10.5. The third-order valence-corrected chi connectivity index (χ3v) is 6.50. The number of carboxylic acid groups (broad SMARTS) is 1. The number of rotatable bonds is 15. The maximum absolute atomic E-state index is 12.7. The van der Waals surface area contributed by atoms with Gasteiger partial charge in [0.2, 0.25) is 0 Å². The number of carbonyl (C=O) groups excluding carboxylic acids is 3. The van der Waals surface area contributed by atoms with Crippen molar-refractivity contribution in [3.8, 4) is 11.5 Å². The van der Waals surface area contributed by atoms with Gasteiger partial charge in [0.15, 0.2) is 11.5 Å². The third kappa shape index (κ3) is 11.8. The van der Waals surface area contributed by atoms with E-state index >= 15 is 0 Å². The van der Waals surface area contributed by atoms with Crippen molar-refractivity contribution in [3.05, 3.63) is 23.8 Å².